The number of aryl methyl sites for hydroxylation is 1. The number of amides is 1. The van der Waals surface area contributed by atoms with Crippen molar-refractivity contribution in [3.8, 4) is 0 Å². The number of aliphatic hydroxyl groups is 1. The summed E-state index contributed by atoms with van der Waals surface area (Å²) in [6.45, 7) is 3.32. The van der Waals surface area contributed by atoms with Crippen LogP contribution in [0.5, 0.6) is 0 Å². The number of carbonyl (C=O) groups excluding carboxylic acids is 1. The van der Waals surface area contributed by atoms with Gasteiger partial charge >= 0.3 is 0 Å². The number of rotatable bonds is 6. The first-order valence-corrected chi connectivity index (χ1v) is 9.23. The molecule has 25 heavy (non-hydrogen) atoms. The molecule has 0 bridgehead atoms. The molecule has 0 unspecified atom stereocenters. The van der Waals surface area contributed by atoms with Crippen LogP contribution in [0.4, 0.5) is 4.39 Å². The van der Waals surface area contributed by atoms with Crippen molar-refractivity contribution in [2.24, 2.45) is 0 Å². The highest BCUT2D eigenvalue weighted by molar-refractivity contribution is 7.09. The van der Waals surface area contributed by atoms with Gasteiger partial charge in [0.2, 0.25) is 0 Å². The first kappa shape index (κ1) is 18.0. The molecule has 2 N–H and O–H groups in total. The van der Waals surface area contributed by atoms with Crippen LogP contribution in [0.1, 0.15) is 29.1 Å². The van der Waals surface area contributed by atoms with Gasteiger partial charge < -0.3 is 15.3 Å². The van der Waals surface area contributed by atoms with Crippen molar-refractivity contribution in [3.63, 3.8) is 0 Å². The first-order chi connectivity index (χ1) is 12.0. The maximum Gasteiger partial charge on any atom is 0.256 e. The molecule has 1 saturated heterocycles. The maximum absolute atomic E-state index is 13.8. The molecule has 1 fully saturated rings. The lowest BCUT2D eigenvalue weighted by atomic mass is 9.91. The molecule has 1 aromatic carbocycles. The van der Waals surface area contributed by atoms with Crippen molar-refractivity contribution in [1.82, 2.24) is 15.2 Å². The Kier molecular flexibility index (Phi) is 5.46. The largest absolute Gasteiger partial charge is 0.379 e. The number of nitrogens with one attached hydrogen (secondary N) is 1. The van der Waals surface area contributed by atoms with Crippen LogP contribution >= 0.6 is 11.3 Å². The summed E-state index contributed by atoms with van der Waals surface area (Å²) < 4.78 is 13.8. The Balaban J connectivity index is 1.61. The van der Waals surface area contributed by atoms with E-state index in [1.54, 1.807) is 29.5 Å². The molecule has 0 aliphatic carbocycles. The van der Waals surface area contributed by atoms with Gasteiger partial charge in [0.25, 0.3) is 5.91 Å². The lowest BCUT2D eigenvalue weighted by Crippen LogP contribution is -2.57. The zero-order valence-corrected chi connectivity index (χ0v) is 15.0. The second-order valence-electron chi connectivity index (χ2n) is 6.41. The Morgan fingerprint density at radius 1 is 1.44 bits per heavy atom. The number of likely N-dealkylation sites (tertiary alicyclic amines) is 1. The van der Waals surface area contributed by atoms with Crippen molar-refractivity contribution >= 4 is 17.2 Å². The summed E-state index contributed by atoms with van der Waals surface area (Å²) in [5.41, 5.74) is -0.0854. The van der Waals surface area contributed by atoms with E-state index in [0.29, 0.717) is 31.5 Å². The predicted octanol–water partition coefficient (Wildman–Crippen LogP) is 2.23. The Bertz CT molecular complexity index is 751. The second-order valence-corrected chi connectivity index (χ2v) is 7.48. The second kappa shape index (κ2) is 7.59. The minimum Gasteiger partial charge on any atom is -0.379 e. The van der Waals surface area contributed by atoms with E-state index in [1.807, 2.05) is 12.3 Å². The van der Waals surface area contributed by atoms with E-state index in [4.69, 9.17) is 0 Å². The van der Waals surface area contributed by atoms with E-state index >= 15 is 0 Å². The van der Waals surface area contributed by atoms with Gasteiger partial charge in [-0.25, -0.2) is 9.37 Å². The van der Waals surface area contributed by atoms with Gasteiger partial charge in [0, 0.05) is 37.1 Å². The molecular formula is C18H22FN3O2S. The van der Waals surface area contributed by atoms with E-state index in [2.05, 4.69) is 10.3 Å². The third-order valence-corrected chi connectivity index (χ3v) is 5.24. The normalized spacial score (nSPS) is 20.9. The van der Waals surface area contributed by atoms with Crippen molar-refractivity contribution < 1.29 is 14.3 Å². The molecular weight excluding hydrogens is 341 g/mol. The lowest BCUT2D eigenvalue weighted by molar-refractivity contribution is -0.157. The van der Waals surface area contributed by atoms with Crippen molar-refractivity contribution in [3.05, 3.63) is 51.7 Å². The summed E-state index contributed by atoms with van der Waals surface area (Å²) in [7, 11) is 0. The number of nitrogens with zero attached hydrogens (tertiary/aromatic N) is 2. The number of benzene rings is 1. The quantitative estimate of drug-likeness (QED) is 0.826. The maximum atomic E-state index is 13.8. The van der Waals surface area contributed by atoms with Gasteiger partial charge in [0.15, 0.2) is 5.60 Å². The number of thiazole rings is 1. The van der Waals surface area contributed by atoms with Gasteiger partial charge in [-0.2, -0.15) is 0 Å². The molecule has 3 rings (SSSR count). The third-order valence-electron chi connectivity index (χ3n) is 4.41. The SMILES string of the molecule is Cc1nc(CNC[C@]2(O)CCCN(Cc3ccccc3F)C2=O)cs1. The summed E-state index contributed by atoms with van der Waals surface area (Å²) in [6, 6.07) is 6.42. The standard InChI is InChI=1S/C18H22FN3O2S/c1-13-21-15(11-25-13)9-20-12-18(24)7-4-8-22(17(18)23)10-14-5-2-3-6-16(14)19/h2-3,5-6,11,20,24H,4,7-10,12H2,1H3/t18-/m1/s1. The van der Waals surface area contributed by atoms with Crippen molar-refractivity contribution in [2.75, 3.05) is 13.1 Å². The van der Waals surface area contributed by atoms with E-state index < -0.39 is 5.60 Å². The van der Waals surface area contributed by atoms with Gasteiger partial charge in [-0.15, -0.1) is 11.3 Å². The topological polar surface area (TPSA) is 65.5 Å². The van der Waals surface area contributed by atoms with E-state index in [9.17, 15) is 14.3 Å². The van der Waals surface area contributed by atoms with Crippen LogP contribution in [0.15, 0.2) is 29.6 Å². The van der Waals surface area contributed by atoms with Crippen LogP contribution < -0.4 is 5.32 Å². The summed E-state index contributed by atoms with van der Waals surface area (Å²) in [5.74, 6) is -0.676. The fraction of sp³-hybridized carbons (Fsp3) is 0.444. The van der Waals surface area contributed by atoms with Gasteiger partial charge in [-0.05, 0) is 25.8 Å². The monoisotopic (exact) mass is 363 g/mol. The Morgan fingerprint density at radius 3 is 2.96 bits per heavy atom. The Hall–Kier alpha value is -1.83. The van der Waals surface area contributed by atoms with Crippen LogP contribution in [0.25, 0.3) is 0 Å². The minimum atomic E-state index is -1.45. The smallest absolute Gasteiger partial charge is 0.256 e. The number of hydrogen-bond acceptors (Lipinski definition) is 5. The van der Waals surface area contributed by atoms with Crippen LogP contribution in [0, 0.1) is 12.7 Å². The molecule has 1 atom stereocenters. The molecule has 7 heteroatoms. The van der Waals surface area contributed by atoms with E-state index in [1.165, 1.54) is 11.0 Å². The average Bonchev–Trinajstić information content (AvgIpc) is 2.99. The molecule has 1 aromatic heterocycles. The molecule has 1 aliphatic rings. The zero-order valence-electron chi connectivity index (χ0n) is 14.2. The van der Waals surface area contributed by atoms with Crippen LogP contribution in [0.3, 0.4) is 0 Å². The summed E-state index contributed by atoms with van der Waals surface area (Å²) in [5, 5.41) is 16.8. The van der Waals surface area contributed by atoms with Gasteiger partial charge in [-0.3, -0.25) is 4.79 Å². The highest BCUT2D eigenvalue weighted by Crippen LogP contribution is 2.24. The molecule has 1 amide bonds. The lowest BCUT2D eigenvalue weighted by Gasteiger charge is -2.38. The zero-order chi connectivity index (χ0) is 17.9. The molecule has 2 heterocycles. The van der Waals surface area contributed by atoms with E-state index in [-0.39, 0.29) is 24.8 Å². The molecule has 5 nitrogen and oxygen atoms in total. The Morgan fingerprint density at radius 2 is 2.24 bits per heavy atom. The van der Waals surface area contributed by atoms with Gasteiger partial charge in [0.1, 0.15) is 5.82 Å². The number of piperidine rings is 1. The molecule has 0 saturated carbocycles. The Labute approximate surface area is 150 Å². The fourth-order valence-corrected chi connectivity index (χ4v) is 3.71. The summed E-state index contributed by atoms with van der Waals surface area (Å²) >= 11 is 1.57. The van der Waals surface area contributed by atoms with E-state index in [0.717, 1.165) is 10.7 Å². The van der Waals surface area contributed by atoms with Gasteiger partial charge in [0.05, 0.1) is 10.7 Å². The fourth-order valence-electron chi connectivity index (χ4n) is 3.10. The van der Waals surface area contributed by atoms with Crippen molar-refractivity contribution in [1.29, 1.82) is 0 Å². The van der Waals surface area contributed by atoms with Crippen LogP contribution in [0.2, 0.25) is 0 Å². The highest BCUT2D eigenvalue weighted by Gasteiger charge is 2.41. The number of hydrogen-bond donors (Lipinski definition) is 2. The molecule has 2 aromatic rings. The number of carbonyl (C=O) groups is 1. The predicted molar refractivity (Wildman–Crippen MR) is 94.6 cm³/mol. The minimum absolute atomic E-state index is 0.163. The third kappa shape index (κ3) is 4.23. The number of halogens is 1. The summed E-state index contributed by atoms with van der Waals surface area (Å²) in [6.07, 6.45) is 1.09. The first-order valence-electron chi connectivity index (χ1n) is 8.35. The summed E-state index contributed by atoms with van der Waals surface area (Å²) in [4.78, 5) is 18.6. The molecule has 0 spiro atoms. The van der Waals surface area contributed by atoms with Crippen LogP contribution in [-0.2, 0) is 17.9 Å². The van der Waals surface area contributed by atoms with Crippen molar-refractivity contribution in [2.45, 2.75) is 38.5 Å². The highest BCUT2D eigenvalue weighted by atomic mass is 32.1. The van der Waals surface area contributed by atoms with Gasteiger partial charge in [-0.1, -0.05) is 18.2 Å². The molecule has 0 radical (unpaired) electrons. The average molecular weight is 363 g/mol. The molecule has 134 valence electrons. The van der Waals surface area contributed by atoms with Crippen LogP contribution in [-0.4, -0.2) is 39.6 Å². The molecule has 1 aliphatic heterocycles. The number of aromatic nitrogens is 1.